The summed E-state index contributed by atoms with van der Waals surface area (Å²) in [6, 6.07) is 0.937. The summed E-state index contributed by atoms with van der Waals surface area (Å²) in [4.78, 5) is 16.6. The predicted octanol–water partition coefficient (Wildman–Crippen LogP) is 1.39. The summed E-state index contributed by atoms with van der Waals surface area (Å²) in [6.07, 6.45) is 4.30. The molecule has 2 atom stereocenters. The maximum atomic E-state index is 11.5. The van der Waals surface area contributed by atoms with E-state index in [1.165, 1.54) is 32.5 Å². The van der Waals surface area contributed by atoms with Crippen molar-refractivity contribution < 1.29 is 9.90 Å². The first-order chi connectivity index (χ1) is 9.90. The molecular weight excluding hydrogens is 266 g/mol. The number of carboxylic acid groups (broad SMARTS) is 1. The van der Waals surface area contributed by atoms with E-state index in [2.05, 4.69) is 15.1 Å². The summed E-state index contributed by atoms with van der Waals surface area (Å²) < 4.78 is 0. The summed E-state index contributed by atoms with van der Waals surface area (Å²) in [5, 5.41) is 12.7. The number of hydrogen-bond acceptors (Lipinski definition) is 4. The highest BCUT2D eigenvalue weighted by atomic mass is 16.4. The van der Waals surface area contributed by atoms with E-state index in [9.17, 15) is 9.90 Å². The quantitative estimate of drug-likeness (QED) is 0.744. The van der Waals surface area contributed by atoms with Crippen LogP contribution in [0.5, 0.6) is 0 Å². The first-order valence-corrected chi connectivity index (χ1v) is 8.38. The van der Waals surface area contributed by atoms with Crippen molar-refractivity contribution in [3.8, 4) is 0 Å². The Balaban J connectivity index is 1.76. The molecule has 0 aliphatic carbocycles. The van der Waals surface area contributed by atoms with Gasteiger partial charge in [0.1, 0.15) is 5.54 Å². The zero-order valence-corrected chi connectivity index (χ0v) is 13.8. The Kier molecular flexibility index (Phi) is 5.63. The van der Waals surface area contributed by atoms with Gasteiger partial charge in [0.25, 0.3) is 0 Å². The molecule has 5 nitrogen and oxygen atoms in total. The molecule has 0 bridgehead atoms. The Bertz CT molecular complexity index is 361. The van der Waals surface area contributed by atoms with Crippen molar-refractivity contribution in [3.05, 3.63) is 0 Å². The number of hydrogen-bond donors (Lipinski definition) is 2. The second-order valence-electron chi connectivity index (χ2n) is 7.17. The number of aliphatic carboxylic acids is 1. The van der Waals surface area contributed by atoms with Gasteiger partial charge in [-0.15, -0.1) is 0 Å². The van der Waals surface area contributed by atoms with E-state index in [4.69, 9.17) is 0 Å². The Hall–Kier alpha value is -0.650. The summed E-state index contributed by atoms with van der Waals surface area (Å²) in [7, 11) is 0. The van der Waals surface area contributed by atoms with Gasteiger partial charge in [0.15, 0.2) is 0 Å². The third-order valence-corrected chi connectivity index (χ3v) is 4.90. The van der Waals surface area contributed by atoms with Gasteiger partial charge in [0.2, 0.25) is 0 Å². The topological polar surface area (TPSA) is 55.8 Å². The molecular formula is C16H31N3O2. The SMILES string of the molecule is CC(C)NC(C)(CCCN1CCN2CCCC2C1)C(=O)O. The maximum Gasteiger partial charge on any atom is 0.323 e. The molecule has 2 heterocycles. The molecule has 2 saturated heterocycles. The first kappa shape index (κ1) is 16.7. The van der Waals surface area contributed by atoms with Crippen LogP contribution in [0.2, 0.25) is 0 Å². The molecule has 2 N–H and O–H groups in total. The van der Waals surface area contributed by atoms with Crippen LogP contribution >= 0.6 is 0 Å². The zero-order valence-electron chi connectivity index (χ0n) is 13.8. The number of nitrogens with zero attached hydrogens (tertiary/aromatic N) is 2. The zero-order chi connectivity index (χ0) is 15.5. The van der Waals surface area contributed by atoms with Gasteiger partial charge < -0.3 is 10.0 Å². The van der Waals surface area contributed by atoms with Crippen molar-refractivity contribution in [1.82, 2.24) is 15.1 Å². The molecule has 21 heavy (non-hydrogen) atoms. The normalized spacial score (nSPS) is 26.8. The van der Waals surface area contributed by atoms with Gasteiger partial charge >= 0.3 is 5.97 Å². The highest BCUT2D eigenvalue weighted by Crippen LogP contribution is 2.22. The molecule has 0 aromatic heterocycles. The minimum atomic E-state index is -0.802. The van der Waals surface area contributed by atoms with Crippen molar-refractivity contribution in [1.29, 1.82) is 0 Å². The van der Waals surface area contributed by atoms with Gasteiger partial charge in [-0.1, -0.05) is 0 Å². The molecule has 2 unspecified atom stereocenters. The van der Waals surface area contributed by atoms with Crippen LogP contribution in [0.15, 0.2) is 0 Å². The van der Waals surface area contributed by atoms with E-state index < -0.39 is 11.5 Å². The minimum absolute atomic E-state index is 0.188. The molecule has 0 spiro atoms. The minimum Gasteiger partial charge on any atom is -0.480 e. The Labute approximate surface area is 128 Å². The van der Waals surface area contributed by atoms with Crippen LogP contribution < -0.4 is 5.32 Å². The number of piperazine rings is 1. The summed E-state index contributed by atoms with van der Waals surface area (Å²) in [5.41, 5.74) is -0.802. The lowest BCUT2D eigenvalue weighted by Gasteiger charge is -2.38. The van der Waals surface area contributed by atoms with Crippen molar-refractivity contribution in [2.24, 2.45) is 0 Å². The van der Waals surface area contributed by atoms with E-state index in [0.717, 1.165) is 25.6 Å². The van der Waals surface area contributed by atoms with Crippen LogP contribution in [-0.2, 0) is 4.79 Å². The van der Waals surface area contributed by atoms with Gasteiger partial charge in [0.05, 0.1) is 0 Å². The maximum absolute atomic E-state index is 11.5. The highest BCUT2D eigenvalue weighted by molar-refractivity contribution is 5.78. The van der Waals surface area contributed by atoms with E-state index in [0.29, 0.717) is 6.42 Å². The van der Waals surface area contributed by atoms with Crippen molar-refractivity contribution in [2.75, 3.05) is 32.7 Å². The average Bonchev–Trinajstić information content (AvgIpc) is 2.85. The molecule has 122 valence electrons. The fourth-order valence-corrected chi connectivity index (χ4v) is 3.79. The number of carbonyl (C=O) groups is 1. The number of fused-ring (bicyclic) bond motifs is 1. The fourth-order valence-electron chi connectivity index (χ4n) is 3.79. The van der Waals surface area contributed by atoms with Crippen LogP contribution in [0, 0.1) is 0 Å². The molecule has 0 aromatic carbocycles. The van der Waals surface area contributed by atoms with Gasteiger partial charge in [-0.2, -0.15) is 0 Å². The Morgan fingerprint density at radius 3 is 2.81 bits per heavy atom. The van der Waals surface area contributed by atoms with E-state index in [1.807, 2.05) is 20.8 Å². The Morgan fingerprint density at radius 1 is 1.38 bits per heavy atom. The van der Waals surface area contributed by atoms with Crippen LogP contribution in [0.1, 0.15) is 46.5 Å². The smallest absolute Gasteiger partial charge is 0.323 e. The fraction of sp³-hybridized carbons (Fsp3) is 0.938. The van der Waals surface area contributed by atoms with Gasteiger partial charge in [-0.05, 0) is 59.5 Å². The van der Waals surface area contributed by atoms with Crippen LogP contribution in [0.3, 0.4) is 0 Å². The van der Waals surface area contributed by atoms with Crippen molar-refractivity contribution in [3.63, 3.8) is 0 Å². The summed E-state index contributed by atoms with van der Waals surface area (Å²) in [6.45, 7) is 11.6. The van der Waals surface area contributed by atoms with Crippen molar-refractivity contribution >= 4 is 5.97 Å². The van der Waals surface area contributed by atoms with Crippen LogP contribution in [0.25, 0.3) is 0 Å². The molecule has 2 aliphatic heterocycles. The molecule has 2 rings (SSSR count). The largest absolute Gasteiger partial charge is 0.480 e. The molecule has 2 fully saturated rings. The Morgan fingerprint density at radius 2 is 2.14 bits per heavy atom. The van der Waals surface area contributed by atoms with Crippen LogP contribution in [0.4, 0.5) is 0 Å². The van der Waals surface area contributed by atoms with Gasteiger partial charge in [-0.3, -0.25) is 15.0 Å². The van der Waals surface area contributed by atoms with E-state index in [1.54, 1.807) is 0 Å². The van der Waals surface area contributed by atoms with Crippen LogP contribution in [-0.4, -0.2) is 71.2 Å². The molecule has 0 amide bonds. The average molecular weight is 297 g/mol. The second kappa shape index (κ2) is 7.07. The molecule has 0 saturated carbocycles. The second-order valence-corrected chi connectivity index (χ2v) is 7.17. The predicted molar refractivity (Wildman–Crippen MR) is 84.6 cm³/mol. The number of carboxylic acids is 1. The molecule has 0 aromatic rings. The van der Waals surface area contributed by atoms with E-state index in [-0.39, 0.29) is 6.04 Å². The third kappa shape index (κ3) is 4.41. The monoisotopic (exact) mass is 297 g/mol. The third-order valence-electron chi connectivity index (χ3n) is 4.90. The summed E-state index contributed by atoms with van der Waals surface area (Å²) >= 11 is 0. The lowest BCUT2D eigenvalue weighted by atomic mass is 9.94. The molecule has 5 heteroatoms. The van der Waals surface area contributed by atoms with Gasteiger partial charge in [0, 0.05) is 31.7 Å². The first-order valence-electron chi connectivity index (χ1n) is 8.38. The lowest BCUT2D eigenvalue weighted by Crippen LogP contribution is -2.53. The number of rotatable bonds is 7. The number of nitrogens with one attached hydrogen (secondary N) is 1. The molecule has 0 radical (unpaired) electrons. The van der Waals surface area contributed by atoms with Crippen molar-refractivity contribution in [2.45, 2.75) is 64.1 Å². The van der Waals surface area contributed by atoms with E-state index >= 15 is 0 Å². The standard InChI is InChI=1S/C16H31N3O2/c1-13(2)17-16(3,15(20)21)7-5-8-18-10-11-19-9-4-6-14(19)12-18/h13-14,17H,4-12H2,1-3H3,(H,20,21). The molecule has 2 aliphatic rings. The summed E-state index contributed by atoms with van der Waals surface area (Å²) in [5.74, 6) is -0.739. The lowest BCUT2D eigenvalue weighted by molar-refractivity contribution is -0.144. The van der Waals surface area contributed by atoms with Gasteiger partial charge in [-0.25, -0.2) is 0 Å². The highest BCUT2D eigenvalue weighted by Gasteiger charge is 2.34.